The largest absolute Gasteiger partial charge is 0.414 e. The Hall–Kier alpha value is -4.63. The minimum atomic E-state index is -0.725. The fourth-order valence-corrected chi connectivity index (χ4v) is 2.07. The number of methoxy groups -OCH3 is 1. The first-order valence-corrected chi connectivity index (χ1v) is 18.2. The number of aryl methyl sites for hydroxylation is 2. The standard InChI is InChI=1S/C12H10.C8H10.C7H12.C4H7NO3.2C4H6.C2H7N.C2H6O.C2H6S/c1-3-5-11-7-9-12(6-4-2)10-8-11;1-7-3-5-8(2)6-4-7;1-3-5-7-6-4-2;1-3(6)8-4(7)5-2;2*1-3-4-2;3*1-3-2/h7-10H,1-2H3;3-6H,1-2H3;3,5-7H,4H2,1-2H3;1-2H3,(H,5,7);2*1-2H3;3H,1-2H3;2*1-2H3/b;;5-3+,7-6+;;;;;;. The first-order valence-electron chi connectivity index (χ1n) is 16.5. The van der Waals surface area contributed by atoms with E-state index in [2.05, 4.69) is 125 Å². The van der Waals surface area contributed by atoms with Crippen molar-refractivity contribution in [3.63, 3.8) is 0 Å². The molecule has 0 fully saturated rings. The van der Waals surface area contributed by atoms with Gasteiger partial charge < -0.3 is 20.1 Å². The predicted molar refractivity (Wildman–Crippen MR) is 234 cm³/mol. The third-order valence-electron chi connectivity index (χ3n) is 4.26. The lowest BCUT2D eigenvalue weighted by atomic mass is 10.1. The van der Waals surface area contributed by atoms with Gasteiger partial charge >= 0.3 is 12.1 Å². The van der Waals surface area contributed by atoms with Gasteiger partial charge in [-0.3, -0.25) is 4.79 Å². The summed E-state index contributed by atoms with van der Waals surface area (Å²) in [6, 6.07) is 16.4. The monoisotopic (exact) mass is 735 g/mol. The molecule has 6 nitrogen and oxygen atoms in total. The van der Waals surface area contributed by atoms with Crippen LogP contribution in [0.4, 0.5) is 4.79 Å². The van der Waals surface area contributed by atoms with Crippen LogP contribution in [0.15, 0.2) is 72.8 Å². The van der Waals surface area contributed by atoms with Crippen molar-refractivity contribution < 1.29 is 19.1 Å². The molecule has 0 atom stereocenters. The molecule has 0 unspecified atom stereocenters. The molecule has 0 heterocycles. The van der Waals surface area contributed by atoms with Gasteiger partial charge in [0.2, 0.25) is 0 Å². The number of alkyl carbamates (subject to hydrolysis) is 1. The van der Waals surface area contributed by atoms with Gasteiger partial charge in [0.05, 0.1) is 0 Å². The molecule has 2 aromatic carbocycles. The Labute approximate surface area is 325 Å². The van der Waals surface area contributed by atoms with E-state index < -0.39 is 12.1 Å². The average Bonchev–Trinajstić information content (AvgIpc) is 3.12. The fourth-order valence-electron chi connectivity index (χ4n) is 2.07. The van der Waals surface area contributed by atoms with E-state index in [1.807, 2.05) is 111 Å². The van der Waals surface area contributed by atoms with E-state index in [1.165, 1.54) is 18.2 Å². The van der Waals surface area contributed by atoms with Crippen molar-refractivity contribution in [2.45, 2.75) is 82.6 Å². The van der Waals surface area contributed by atoms with E-state index in [9.17, 15) is 9.59 Å². The summed E-state index contributed by atoms with van der Waals surface area (Å²) in [7, 11) is 8.38. The normalized spacial score (nSPS) is 7.50. The smallest absolute Gasteiger partial charge is 0.388 e. The van der Waals surface area contributed by atoms with Gasteiger partial charge in [0, 0.05) is 39.3 Å². The molecule has 0 aliphatic heterocycles. The minimum absolute atomic E-state index is 0.607. The molecule has 0 aromatic heterocycles. The van der Waals surface area contributed by atoms with Gasteiger partial charge in [0.15, 0.2) is 0 Å². The Balaban J connectivity index is -0.0000000920. The van der Waals surface area contributed by atoms with Crippen LogP contribution in [-0.2, 0) is 14.3 Å². The Bertz CT molecular complexity index is 1260. The molecule has 0 aliphatic carbocycles. The molecule has 0 spiro atoms. The van der Waals surface area contributed by atoms with Crippen molar-refractivity contribution in [2.75, 3.05) is 47.9 Å². The Morgan fingerprint density at radius 2 is 1.00 bits per heavy atom. The molecule has 290 valence electrons. The second kappa shape index (κ2) is 61.6. The number of hydrogen-bond acceptors (Lipinski definition) is 6. The number of thioether (sulfide) groups is 1. The van der Waals surface area contributed by atoms with Crippen molar-refractivity contribution in [1.82, 2.24) is 10.6 Å². The van der Waals surface area contributed by atoms with Gasteiger partial charge in [0.1, 0.15) is 0 Å². The second-order valence-electron chi connectivity index (χ2n) is 9.29. The van der Waals surface area contributed by atoms with Gasteiger partial charge in [-0.2, -0.15) is 11.8 Å². The van der Waals surface area contributed by atoms with Gasteiger partial charge in [0.25, 0.3) is 0 Å². The van der Waals surface area contributed by atoms with Crippen LogP contribution >= 0.6 is 11.8 Å². The summed E-state index contributed by atoms with van der Waals surface area (Å²) in [6.45, 7) is 20.4. The van der Waals surface area contributed by atoms with Gasteiger partial charge in [-0.25, -0.2) is 4.79 Å². The molecule has 0 bridgehead atoms. The van der Waals surface area contributed by atoms with Crippen LogP contribution in [0.25, 0.3) is 0 Å². The highest BCUT2D eigenvalue weighted by molar-refractivity contribution is 7.97. The summed E-state index contributed by atoms with van der Waals surface area (Å²) < 4.78 is 8.26. The zero-order valence-electron chi connectivity index (χ0n) is 35.7. The lowest BCUT2D eigenvalue weighted by Gasteiger charge is -1.94. The topological polar surface area (TPSA) is 76.7 Å². The Morgan fingerprint density at radius 3 is 1.17 bits per heavy atom. The summed E-state index contributed by atoms with van der Waals surface area (Å²) in [4.78, 5) is 20.0. The number of ether oxygens (including phenoxy) is 2. The molecule has 2 aromatic rings. The van der Waals surface area contributed by atoms with Crippen LogP contribution in [0.3, 0.4) is 0 Å². The number of nitrogens with one attached hydrogen (secondary N) is 2. The second-order valence-corrected chi connectivity index (χ2v) is 10.1. The molecule has 2 N–H and O–H groups in total. The van der Waals surface area contributed by atoms with Crippen LogP contribution in [0, 0.1) is 61.2 Å². The fraction of sp³-hybridized carbons (Fsp3) is 0.422. The molecule has 0 saturated carbocycles. The zero-order chi connectivity index (χ0) is 41.8. The Kier molecular flexibility index (Phi) is 74.0. The maximum Gasteiger partial charge on any atom is 0.414 e. The number of benzene rings is 2. The number of carbonyl (C=O) groups excluding carboxylic acids is 2. The minimum Gasteiger partial charge on any atom is -0.388 e. The molecular weight excluding hydrogens is 665 g/mol. The van der Waals surface area contributed by atoms with Crippen LogP contribution in [0.1, 0.15) is 91.0 Å². The van der Waals surface area contributed by atoms with Crippen molar-refractivity contribution in [1.29, 1.82) is 0 Å². The summed E-state index contributed by atoms with van der Waals surface area (Å²) >= 11 is 1.75. The SMILES string of the molecule is C/C=C/C=C/CC.CC#CC.CC#CC.CC#Cc1ccc(C#CC)cc1.CNC.CNC(=O)OC(C)=O.COC.CSC.Cc1ccc(C)cc1. The zero-order valence-corrected chi connectivity index (χ0v) is 36.5. The van der Waals surface area contributed by atoms with Crippen LogP contribution < -0.4 is 10.6 Å². The summed E-state index contributed by atoms with van der Waals surface area (Å²) in [5, 5.41) is 4.86. The van der Waals surface area contributed by atoms with Crippen LogP contribution in [0.2, 0.25) is 0 Å². The lowest BCUT2D eigenvalue weighted by molar-refractivity contribution is -0.134. The highest BCUT2D eigenvalue weighted by Crippen LogP contribution is 2.01. The van der Waals surface area contributed by atoms with E-state index in [4.69, 9.17) is 0 Å². The molecule has 0 saturated heterocycles. The molecule has 7 heteroatoms. The molecule has 52 heavy (non-hydrogen) atoms. The quantitative estimate of drug-likeness (QED) is 0.138. The number of esters is 1. The maximum absolute atomic E-state index is 10.1. The maximum atomic E-state index is 10.1. The van der Waals surface area contributed by atoms with Gasteiger partial charge in [-0.15, -0.1) is 35.5 Å². The lowest BCUT2D eigenvalue weighted by Crippen LogP contribution is -2.21. The van der Waals surface area contributed by atoms with Crippen molar-refractivity contribution >= 4 is 23.8 Å². The third kappa shape index (κ3) is 80.2. The van der Waals surface area contributed by atoms with Crippen LogP contribution in [0.5, 0.6) is 0 Å². The number of hydrogen-bond donors (Lipinski definition) is 2. The first kappa shape index (κ1) is 62.5. The number of amides is 1. The number of rotatable bonds is 2. The predicted octanol–water partition coefficient (Wildman–Crippen LogP) is 10.3. The van der Waals surface area contributed by atoms with E-state index in [1.54, 1.807) is 26.0 Å². The van der Waals surface area contributed by atoms with Gasteiger partial charge in [-0.05, 0) is 120 Å². The van der Waals surface area contributed by atoms with E-state index in [0.717, 1.165) is 24.5 Å². The summed E-state index contributed by atoms with van der Waals surface area (Å²) in [5.41, 5.74) is 4.74. The number of carbonyl (C=O) groups is 2. The van der Waals surface area contributed by atoms with Gasteiger partial charge in [-0.1, -0.05) is 78.5 Å². The average molecular weight is 735 g/mol. The van der Waals surface area contributed by atoms with E-state index in [-0.39, 0.29) is 0 Å². The van der Waals surface area contributed by atoms with Crippen molar-refractivity contribution in [3.05, 3.63) is 95.1 Å². The van der Waals surface area contributed by atoms with E-state index in [0.29, 0.717) is 0 Å². The van der Waals surface area contributed by atoms with Crippen LogP contribution in [-0.4, -0.2) is 59.9 Å². The molecule has 0 aliphatic rings. The van der Waals surface area contributed by atoms with Crippen molar-refractivity contribution in [2.24, 2.45) is 0 Å². The highest BCUT2D eigenvalue weighted by atomic mass is 32.2. The number of allylic oxidation sites excluding steroid dienone is 4. The van der Waals surface area contributed by atoms with E-state index >= 15 is 0 Å². The summed E-state index contributed by atoms with van der Waals surface area (Å²) in [6.07, 6.45) is 12.7. The molecule has 2 rings (SSSR count). The summed E-state index contributed by atoms with van der Waals surface area (Å²) in [5.74, 6) is 21.8. The molecular formula is C45H70N2O4S. The first-order chi connectivity index (χ1) is 24.8. The molecule has 1 amide bonds. The third-order valence-corrected chi connectivity index (χ3v) is 4.26. The Morgan fingerprint density at radius 1 is 0.692 bits per heavy atom. The molecule has 0 radical (unpaired) electrons. The highest BCUT2D eigenvalue weighted by Gasteiger charge is 1.98. The van der Waals surface area contributed by atoms with Crippen molar-refractivity contribution in [3.8, 4) is 47.4 Å².